The summed E-state index contributed by atoms with van der Waals surface area (Å²) in [6.45, 7) is 3.15. The van der Waals surface area contributed by atoms with E-state index in [0.29, 0.717) is 24.5 Å². The van der Waals surface area contributed by atoms with E-state index in [-0.39, 0.29) is 17.8 Å². The SMILES string of the molecule is CCCc1cc(C(=O)N2CC(Oc3ccc(F)cc3)C2)n(C)n1. The third-order valence-electron chi connectivity index (χ3n) is 3.91. The molecule has 122 valence electrons. The van der Waals surface area contributed by atoms with Crippen molar-refractivity contribution in [3.8, 4) is 5.75 Å². The highest BCUT2D eigenvalue weighted by molar-refractivity contribution is 5.93. The normalized spacial score (nSPS) is 14.7. The second kappa shape index (κ2) is 6.40. The molecule has 0 bridgehead atoms. The lowest BCUT2D eigenvalue weighted by molar-refractivity contribution is 0.0169. The van der Waals surface area contributed by atoms with Crippen LogP contribution >= 0.6 is 0 Å². The Kier molecular flexibility index (Phi) is 4.32. The molecule has 1 saturated heterocycles. The minimum absolute atomic E-state index is 0.0266. The number of likely N-dealkylation sites (tertiary alicyclic amines) is 1. The van der Waals surface area contributed by atoms with Crippen molar-refractivity contribution in [2.24, 2.45) is 7.05 Å². The zero-order chi connectivity index (χ0) is 16.4. The number of halogens is 1. The Morgan fingerprint density at radius 3 is 2.70 bits per heavy atom. The Labute approximate surface area is 134 Å². The summed E-state index contributed by atoms with van der Waals surface area (Å²) in [4.78, 5) is 14.2. The van der Waals surface area contributed by atoms with Crippen LogP contribution in [0, 0.1) is 5.82 Å². The number of carbonyl (C=O) groups excluding carboxylic acids is 1. The van der Waals surface area contributed by atoms with E-state index in [0.717, 1.165) is 18.5 Å². The predicted octanol–water partition coefficient (Wildman–Crippen LogP) is 2.42. The first-order valence-electron chi connectivity index (χ1n) is 7.81. The van der Waals surface area contributed by atoms with Gasteiger partial charge in [0, 0.05) is 7.05 Å². The molecule has 0 unspecified atom stereocenters. The maximum Gasteiger partial charge on any atom is 0.272 e. The van der Waals surface area contributed by atoms with E-state index in [2.05, 4.69) is 12.0 Å². The van der Waals surface area contributed by atoms with E-state index in [4.69, 9.17) is 4.74 Å². The minimum Gasteiger partial charge on any atom is -0.487 e. The van der Waals surface area contributed by atoms with Gasteiger partial charge in [-0.15, -0.1) is 0 Å². The first-order chi connectivity index (χ1) is 11.1. The number of benzene rings is 1. The molecule has 3 rings (SSSR count). The molecule has 2 heterocycles. The van der Waals surface area contributed by atoms with Gasteiger partial charge in [-0.2, -0.15) is 5.10 Å². The third-order valence-corrected chi connectivity index (χ3v) is 3.91. The number of hydrogen-bond donors (Lipinski definition) is 0. The highest BCUT2D eigenvalue weighted by Crippen LogP contribution is 2.20. The van der Waals surface area contributed by atoms with Crippen molar-refractivity contribution in [2.45, 2.75) is 25.9 Å². The van der Waals surface area contributed by atoms with Crippen molar-refractivity contribution in [3.63, 3.8) is 0 Å². The quantitative estimate of drug-likeness (QED) is 0.851. The van der Waals surface area contributed by atoms with Gasteiger partial charge in [0.15, 0.2) is 0 Å². The van der Waals surface area contributed by atoms with E-state index in [1.54, 1.807) is 28.8 Å². The molecule has 2 aromatic rings. The van der Waals surface area contributed by atoms with Crippen LogP contribution in [0.25, 0.3) is 0 Å². The van der Waals surface area contributed by atoms with E-state index in [1.807, 2.05) is 6.07 Å². The van der Waals surface area contributed by atoms with Crippen molar-refractivity contribution in [2.75, 3.05) is 13.1 Å². The number of ether oxygens (including phenoxy) is 1. The molecule has 0 N–H and O–H groups in total. The molecule has 1 aromatic carbocycles. The van der Waals surface area contributed by atoms with Crippen LogP contribution in [-0.2, 0) is 13.5 Å². The smallest absolute Gasteiger partial charge is 0.272 e. The number of nitrogens with zero attached hydrogens (tertiary/aromatic N) is 3. The molecule has 1 amide bonds. The van der Waals surface area contributed by atoms with Crippen LogP contribution in [0.2, 0.25) is 0 Å². The van der Waals surface area contributed by atoms with Gasteiger partial charge in [-0.05, 0) is 36.8 Å². The summed E-state index contributed by atoms with van der Waals surface area (Å²) in [5.74, 6) is 0.303. The van der Waals surface area contributed by atoms with Crippen molar-refractivity contribution in [1.29, 1.82) is 0 Å². The highest BCUT2D eigenvalue weighted by Gasteiger charge is 2.34. The summed E-state index contributed by atoms with van der Waals surface area (Å²) in [7, 11) is 1.79. The van der Waals surface area contributed by atoms with E-state index in [9.17, 15) is 9.18 Å². The molecule has 1 fully saturated rings. The van der Waals surface area contributed by atoms with Crippen LogP contribution in [0.5, 0.6) is 5.75 Å². The average molecular weight is 317 g/mol. The topological polar surface area (TPSA) is 47.4 Å². The number of rotatable bonds is 5. The lowest BCUT2D eigenvalue weighted by Gasteiger charge is -2.38. The molecule has 23 heavy (non-hydrogen) atoms. The number of carbonyl (C=O) groups is 1. The van der Waals surface area contributed by atoms with Crippen LogP contribution in [0.3, 0.4) is 0 Å². The number of aromatic nitrogens is 2. The second-order valence-corrected chi connectivity index (χ2v) is 5.80. The fourth-order valence-electron chi connectivity index (χ4n) is 2.65. The van der Waals surface area contributed by atoms with E-state index < -0.39 is 0 Å². The maximum atomic E-state index is 12.9. The van der Waals surface area contributed by atoms with Crippen molar-refractivity contribution in [1.82, 2.24) is 14.7 Å². The molecule has 0 spiro atoms. The summed E-state index contributed by atoms with van der Waals surface area (Å²) in [5.41, 5.74) is 1.55. The zero-order valence-electron chi connectivity index (χ0n) is 13.3. The zero-order valence-corrected chi connectivity index (χ0v) is 13.3. The second-order valence-electron chi connectivity index (χ2n) is 5.80. The van der Waals surface area contributed by atoms with Crippen LogP contribution in [0.1, 0.15) is 29.5 Å². The molecule has 6 heteroatoms. The Morgan fingerprint density at radius 2 is 2.04 bits per heavy atom. The van der Waals surface area contributed by atoms with Gasteiger partial charge in [0.1, 0.15) is 23.4 Å². The number of aryl methyl sites for hydroxylation is 2. The molecule has 1 aliphatic heterocycles. The summed E-state index contributed by atoms with van der Waals surface area (Å²) in [5, 5.41) is 4.36. The molecular formula is C17H20FN3O2. The Balaban J connectivity index is 1.56. The van der Waals surface area contributed by atoms with Crippen molar-refractivity contribution < 1.29 is 13.9 Å². The molecule has 0 saturated carbocycles. The van der Waals surface area contributed by atoms with Gasteiger partial charge in [0.05, 0.1) is 18.8 Å². The summed E-state index contributed by atoms with van der Waals surface area (Å²) >= 11 is 0. The van der Waals surface area contributed by atoms with Crippen LogP contribution < -0.4 is 4.74 Å². The van der Waals surface area contributed by atoms with Crippen LogP contribution in [0.15, 0.2) is 30.3 Å². The van der Waals surface area contributed by atoms with Gasteiger partial charge >= 0.3 is 0 Å². The van der Waals surface area contributed by atoms with E-state index in [1.165, 1.54) is 12.1 Å². The lowest BCUT2D eigenvalue weighted by Crippen LogP contribution is -2.56. The fourth-order valence-corrected chi connectivity index (χ4v) is 2.65. The Bertz CT molecular complexity index is 690. The molecule has 1 aliphatic rings. The molecular weight excluding hydrogens is 297 g/mol. The van der Waals surface area contributed by atoms with Gasteiger partial charge in [-0.25, -0.2) is 4.39 Å². The van der Waals surface area contributed by atoms with Gasteiger partial charge in [-0.3, -0.25) is 9.48 Å². The predicted molar refractivity (Wildman–Crippen MR) is 83.9 cm³/mol. The Hall–Kier alpha value is -2.37. The van der Waals surface area contributed by atoms with E-state index >= 15 is 0 Å². The first-order valence-corrected chi connectivity index (χ1v) is 7.81. The van der Waals surface area contributed by atoms with Crippen molar-refractivity contribution in [3.05, 3.63) is 47.5 Å². The van der Waals surface area contributed by atoms with Crippen LogP contribution in [-0.4, -0.2) is 39.8 Å². The summed E-state index contributed by atoms with van der Waals surface area (Å²) < 4.78 is 20.2. The van der Waals surface area contributed by atoms with Crippen LogP contribution in [0.4, 0.5) is 4.39 Å². The van der Waals surface area contributed by atoms with Crippen molar-refractivity contribution >= 4 is 5.91 Å². The van der Waals surface area contributed by atoms with Gasteiger partial charge in [0.25, 0.3) is 5.91 Å². The number of hydrogen-bond acceptors (Lipinski definition) is 3. The third kappa shape index (κ3) is 3.36. The fraction of sp³-hybridized carbons (Fsp3) is 0.412. The van der Waals surface area contributed by atoms with Gasteiger partial charge < -0.3 is 9.64 Å². The van der Waals surface area contributed by atoms with Gasteiger partial charge in [0.2, 0.25) is 0 Å². The highest BCUT2D eigenvalue weighted by atomic mass is 19.1. The molecule has 5 nitrogen and oxygen atoms in total. The summed E-state index contributed by atoms with van der Waals surface area (Å²) in [6, 6.07) is 7.78. The molecule has 0 atom stereocenters. The standard InChI is InChI=1S/C17H20FN3O2/c1-3-4-13-9-16(20(2)19-13)17(22)21-10-15(11-21)23-14-7-5-12(18)6-8-14/h5-9,15H,3-4,10-11H2,1-2H3. The number of amides is 1. The monoisotopic (exact) mass is 317 g/mol. The Morgan fingerprint density at radius 1 is 1.35 bits per heavy atom. The minimum atomic E-state index is -0.290. The summed E-state index contributed by atoms with van der Waals surface area (Å²) in [6.07, 6.45) is 1.83. The largest absolute Gasteiger partial charge is 0.487 e. The molecule has 1 aromatic heterocycles. The lowest BCUT2D eigenvalue weighted by atomic mass is 10.1. The van der Waals surface area contributed by atoms with Gasteiger partial charge in [-0.1, -0.05) is 13.3 Å². The maximum absolute atomic E-state index is 12.9. The average Bonchev–Trinajstić information content (AvgIpc) is 2.85. The molecule has 0 radical (unpaired) electrons. The first kappa shape index (κ1) is 15.5. The molecule has 0 aliphatic carbocycles.